The van der Waals surface area contributed by atoms with Crippen molar-refractivity contribution in [3.05, 3.63) is 29.8 Å². The van der Waals surface area contributed by atoms with Crippen molar-refractivity contribution in [1.82, 2.24) is 5.32 Å². The average molecular weight is 338 g/mol. The Kier molecular flexibility index (Phi) is 5.89. The highest BCUT2D eigenvalue weighted by Crippen LogP contribution is 2.23. The molecule has 1 aromatic rings. The van der Waals surface area contributed by atoms with E-state index in [1.54, 1.807) is 24.3 Å². The van der Waals surface area contributed by atoms with E-state index < -0.39 is 43.1 Å². The molecule has 1 heterocycles. The number of aliphatic hydroxyl groups is 3. The van der Waals surface area contributed by atoms with Crippen molar-refractivity contribution < 1.29 is 29.6 Å². The molecule has 1 aromatic carbocycles. The molecule has 0 bridgehead atoms. The molecule has 0 aromatic heterocycles. The Labute approximate surface area is 139 Å². The molecule has 5 N–H and O–H groups in total. The van der Waals surface area contributed by atoms with Crippen molar-refractivity contribution in [1.29, 1.82) is 0 Å². The number of carbonyl (C=O) groups excluding carboxylic acids is 2. The van der Waals surface area contributed by atoms with Crippen molar-refractivity contribution in [3.8, 4) is 0 Å². The van der Waals surface area contributed by atoms with Crippen LogP contribution in [0.3, 0.4) is 0 Å². The Morgan fingerprint density at radius 1 is 1.21 bits per heavy atom. The molecule has 0 unspecified atom stereocenters. The number of anilines is 1. The molecule has 0 spiro atoms. The molecule has 1 aliphatic rings. The molecule has 5 atom stereocenters. The normalized spacial score (nSPS) is 29.8. The van der Waals surface area contributed by atoms with Crippen LogP contribution in [-0.2, 0) is 9.53 Å². The van der Waals surface area contributed by atoms with Gasteiger partial charge in [0.15, 0.2) is 12.0 Å². The lowest BCUT2D eigenvalue weighted by Crippen LogP contribution is -2.65. The number of Topliss-reactive ketones (excluding diaryl/α,β-unsaturated/α-hetero) is 1. The first kappa shape index (κ1) is 18.3. The van der Waals surface area contributed by atoms with Gasteiger partial charge in [-0.1, -0.05) is 12.1 Å². The van der Waals surface area contributed by atoms with Gasteiger partial charge in [-0.2, -0.15) is 0 Å². The van der Waals surface area contributed by atoms with Gasteiger partial charge in [-0.3, -0.25) is 9.59 Å². The standard InChI is InChI=1S/C16H22N2O6/c1-8(20)10-4-3-5-11(6-10)18-16-13(17-9(2)21)15(23)14(22)12(7-19)24-16/h3-6,12-16,18-19,22-23H,7H2,1-2H3,(H,17,21)/t12-,13-,14-,15-,16-/m1/s1. The highest BCUT2D eigenvalue weighted by Gasteiger charge is 2.44. The highest BCUT2D eigenvalue weighted by molar-refractivity contribution is 5.94. The van der Waals surface area contributed by atoms with E-state index in [4.69, 9.17) is 4.74 Å². The Balaban J connectivity index is 2.24. The number of aliphatic hydroxyl groups excluding tert-OH is 3. The predicted octanol–water partition coefficient (Wildman–Crippen LogP) is -0.755. The molecule has 1 aliphatic heterocycles. The summed E-state index contributed by atoms with van der Waals surface area (Å²) in [6, 6.07) is 5.73. The van der Waals surface area contributed by atoms with Crippen molar-refractivity contribution >= 4 is 17.4 Å². The summed E-state index contributed by atoms with van der Waals surface area (Å²) in [6.45, 7) is 2.24. The molecule has 0 radical (unpaired) electrons. The molecular formula is C16H22N2O6. The molecule has 2 rings (SSSR count). The Morgan fingerprint density at radius 3 is 2.50 bits per heavy atom. The zero-order valence-corrected chi connectivity index (χ0v) is 13.5. The summed E-state index contributed by atoms with van der Waals surface area (Å²) in [6.07, 6.45) is -4.56. The van der Waals surface area contributed by atoms with Crippen LogP contribution in [-0.4, -0.2) is 64.2 Å². The van der Waals surface area contributed by atoms with Crippen LogP contribution in [0.2, 0.25) is 0 Å². The van der Waals surface area contributed by atoms with Gasteiger partial charge in [0.25, 0.3) is 0 Å². The van der Waals surface area contributed by atoms with Gasteiger partial charge < -0.3 is 30.7 Å². The number of ether oxygens (including phenoxy) is 1. The maximum atomic E-state index is 11.5. The Hall–Kier alpha value is -2.00. The molecule has 1 fully saturated rings. The summed E-state index contributed by atoms with van der Waals surface area (Å²) < 4.78 is 5.57. The lowest BCUT2D eigenvalue weighted by molar-refractivity contribution is -0.188. The van der Waals surface area contributed by atoms with Crippen LogP contribution in [0.15, 0.2) is 24.3 Å². The van der Waals surface area contributed by atoms with E-state index >= 15 is 0 Å². The van der Waals surface area contributed by atoms with Crippen LogP contribution in [0, 0.1) is 0 Å². The number of rotatable bonds is 5. The third-order valence-electron chi connectivity index (χ3n) is 3.87. The number of carbonyl (C=O) groups is 2. The topological polar surface area (TPSA) is 128 Å². The summed E-state index contributed by atoms with van der Waals surface area (Å²) >= 11 is 0. The Morgan fingerprint density at radius 2 is 1.92 bits per heavy atom. The second-order valence-electron chi connectivity index (χ2n) is 5.77. The smallest absolute Gasteiger partial charge is 0.217 e. The third kappa shape index (κ3) is 4.09. The number of amides is 1. The van der Waals surface area contributed by atoms with Crippen LogP contribution in [0.25, 0.3) is 0 Å². The van der Waals surface area contributed by atoms with Gasteiger partial charge in [0.05, 0.1) is 6.61 Å². The summed E-state index contributed by atoms with van der Waals surface area (Å²) in [5, 5.41) is 35.0. The molecule has 1 amide bonds. The van der Waals surface area contributed by atoms with Gasteiger partial charge in [0.2, 0.25) is 5.91 Å². The van der Waals surface area contributed by atoms with Crippen LogP contribution in [0.5, 0.6) is 0 Å². The van der Waals surface area contributed by atoms with Crippen LogP contribution >= 0.6 is 0 Å². The van der Waals surface area contributed by atoms with E-state index in [1.807, 2.05) is 0 Å². The molecule has 1 saturated heterocycles. The largest absolute Gasteiger partial charge is 0.394 e. The molecule has 8 nitrogen and oxygen atoms in total. The highest BCUT2D eigenvalue weighted by atomic mass is 16.5. The maximum Gasteiger partial charge on any atom is 0.217 e. The van der Waals surface area contributed by atoms with Gasteiger partial charge >= 0.3 is 0 Å². The maximum absolute atomic E-state index is 11.5. The first-order valence-electron chi connectivity index (χ1n) is 7.60. The molecule has 0 aliphatic carbocycles. The average Bonchev–Trinajstić information content (AvgIpc) is 2.54. The van der Waals surface area contributed by atoms with Crippen LogP contribution in [0.1, 0.15) is 24.2 Å². The zero-order valence-electron chi connectivity index (χ0n) is 13.5. The van der Waals surface area contributed by atoms with E-state index in [2.05, 4.69) is 10.6 Å². The SMILES string of the molecule is CC(=O)N[C@@H]1[C@@H](O)[C@H](O)[C@@H](CO)O[C@H]1Nc1cccc(C(C)=O)c1. The lowest BCUT2D eigenvalue weighted by atomic mass is 9.95. The fourth-order valence-electron chi connectivity index (χ4n) is 2.63. The van der Waals surface area contributed by atoms with Crippen LogP contribution in [0.4, 0.5) is 5.69 Å². The van der Waals surface area contributed by atoms with Gasteiger partial charge in [-0.25, -0.2) is 0 Å². The fourth-order valence-corrected chi connectivity index (χ4v) is 2.63. The quantitative estimate of drug-likeness (QED) is 0.447. The van der Waals surface area contributed by atoms with Gasteiger partial charge in [0.1, 0.15) is 24.4 Å². The van der Waals surface area contributed by atoms with Crippen molar-refractivity contribution in [2.75, 3.05) is 11.9 Å². The number of hydrogen-bond donors (Lipinski definition) is 5. The van der Waals surface area contributed by atoms with Crippen molar-refractivity contribution in [3.63, 3.8) is 0 Å². The monoisotopic (exact) mass is 338 g/mol. The van der Waals surface area contributed by atoms with Crippen molar-refractivity contribution in [2.24, 2.45) is 0 Å². The van der Waals surface area contributed by atoms with Gasteiger partial charge in [-0.05, 0) is 19.1 Å². The molecular weight excluding hydrogens is 316 g/mol. The first-order chi connectivity index (χ1) is 11.3. The lowest BCUT2D eigenvalue weighted by Gasteiger charge is -2.43. The van der Waals surface area contributed by atoms with Gasteiger partial charge in [-0.15, -0.1) is 0 Å². The predicted molar refractivity (Wildman–Crippen MR) is 85.4 cm³/mol. The summed E-state index contributed by atoms with van der Waals surface area (Å²) in [5.74, 6) is -0.507. The summed E-state index contributed by atoms with van der Waals surface area (Å²) in [5.41, 5.74) is 1.04. The molecule has 132 valence electrons. The van der Waals surface area contributed by atoms with Crippen molar-refractivity contribution in [2.45, 2.75) is 44.4 Å². The number of hydrogen-bond acceptors (Lipinski definition) is 7. The fraction of sp³-hybridized carbons (Fsp3) is 0.500. The molecule has 0 saturated carbocycles. The van der Waals surface area contributed by atoms with E-state index in [9.17, 15) is 24.9 Å². The minimum absolute atomic E-state index is 0.106. The van der Waals surface area contributed by atoms with E-state index in [0.717, 1.165) is 0 Å². The number of nitrogens with one attached hydrogen (secondary N) is 2. The van der Waals surface area contributed by atoms with Crippen LogP contribution < -0.4 is 10.6 Å². The van der Waals surface area contributed by atoms with Gasteiger partial charge in [0, 0.05) is 18.2 Å². The second kappa shape index (κ2) is 7.71. The molecule has 24 heavy (non-hydrogen) atoms. The first-order valence-corrected chi connectivity index (χ1v) is 7.60. The minimum atomic E-state index is -1.34. The van der Waals surface area contributed by atoms with E-state index in [1.165, 1.54) is 13.8 Å². The van der Waals surface area contributed by atoms with E-state index in [-0.39, 0.29) is 5.78 Å². The Bertz CT molecular complexity index is 608. The number of benzene rings is 1. The third-order valence-corrected chi connectivity index (χ3v) is 3.87. The summed E-state index contributed by atoms with van der Waals surface area (Å²) in [4.78, 5) is 22.8. The molecule has 8 heteroatoms. The minimum Gasteiger partial charge on any atom is -0.394 e. The number of ketones is 1. The summed E-state index contributed by atoms with van der Waals surface area (Å²) in [7, 11) is 0. The van der Waals surface area contributed by atoms with E-state index in [0.29, 0.717) is 11.3 Å². The second-order valence-corrected chi connectivity index (χ2v) is 5.77. The zero-order chi connectivity index (χ0) is 17.9.